The minimum absolute atomic E-state index is 0.0814. The first-order chi connectivity index (χ1) is 16.8. The molecule has 0 radical (unpaired) electrons. The van der Waals surface area contributed by atoms with Crippen molar-refractivity contribution in [2.45, 2.75) is 26.4 Å². The van der Waals surface area contributed by atoms with Crippen molar-refractivity contribution in [2.75, 3.05) is 11.1 Å². The van der Waals surface area contributed by atoms with Gasteiger partial charge in [-0.2, -0.15) is 5.10 Å². The average molecular weight is 472 g/mol. The van der Waals surface area contributed by atoms with Crippen LogP contribution in [-0.2, 0) is 23.2 Å². The van der Waals surface area contributed by atoms with Gasteiger partial charge < -0.3 is 16.0 Å². The molecule has 35 heavy (non-hydrogen) atoms. The van der Waals surface area contributed by atoms with Gasteiger partial charge in [0, 0.05) is 43.0 Å². The summed E-state index contributed by atoms with van der Waals surface area (Å²) in [6, 6.07) is 6.46. The second-order valence-corrected chi connectivity index (χ2v) is 8.04. The molecule has 4 heterocycles. The number of aryl methyl sites for hydroxylation is 2. The molecule has 4 rings (SSSR count). The normalized spacial score (nSPS) is 11.6. The second-order valence-electron chi connectivity index (χ2n) is 8.04. The second kappa shape index (κ2) is 10.1. The molecular weight excluding hydrogens is 446 g/mol. The van der Waals surface area contributed by atoms with Crippen LogP contribution in [0.2, 0.25) is 0 Å². The molecule has 11 nitrogen and oxygen atoms in total. The van der Waals surface area contributed by atoms with Gasteiger partial charge in [0.05, 0.1) is 36.4 Å². The van der Waals surface area contributed by atoms with Gasteiger partial charge in [0.1, 0.15) is 11.6 Å². The lowest BCUT2D eigenvalue weighted by Crippen LogP contribution is -2.41. The number of anilines is 2. The molecule has 0 saturated carbocycles. The Kier molecular flexibility index (Phi) is 6.76. The largest absolute Gasteiger partial charge is 0.383 e. The number of hydrogen-bond acceptors (Lipinski definition) is 8. The Balaban J connectivity index is 1.57. The van der Waals surface area contributed by atoms with E-state index in [-0.39, 0.29) is 6.54 Å². The van der Waals surface area contributed by atoms with Crippen molar-refractivity contribution in [3.8, 4) is 11.1 Å². The molecule has 0 aliphatic carbocycles. The maximum atomic E-state index is 13.3. The summed E-state index contributed by atoms with van der Waals surface area (Å²) in [5.74, 6) is -0.805. The van der Waals surface area contributed by atoms with E-state index in [1.807, 2.05) is 25.4 Å². The van der Waals surface area contributed by atoms with Gasteiger partial charge in [-0.05, 0) is 37.6 Å². The van der Waals surface area contributed by atoms with Crippen LogP contribution in [0.15, 0.2) is 61.4 Å². The molecule has 0 bridgehead atoms. The SMILES string of the molecule is Cc1cc(NC(=O)C(=O)N(Cc2ccc(-c3cnn(C)c3)cn2)[C@H](C)c2ncccn2)cnc1N. The van der Waals surface area contributed by atoms with Gasteiger partial charge in [-0.25, -0.2) is 15.0 Å². The summed E-state index contributed by atoms with van der Waals surface area (Å²) in [6.07, 6.45) is 9.93. The summed E-state index contributed by atoms with van der Waals surface area (Å²) in [7, 11) is 1.84. The first-order valence-electron chi connectivity index (χ1n) is 10.9. The molecule has 0 unspecified atom stereocenters. The molecule has 4 aromatic rings. The number of rotatable bonds is 6. The predicted molar refractivity (Wildman–Crippen MR) is 129 cm³/mol. The lowest BCUT2D eigenvalue weighted by atomic mass is 10.1. The van der Waals surface area contributed by atoms with Crippen molar-refractivity contribution in [3.05, 3.63) is 78.5 Å². The van der Waals surface area contributed by atoms with Gasteiger partial charge >= 0.3 is 11.8 Å². The Morgan fingerprint density at radius 3 is 2.49 bits per heavy atom. The first kappa shape index (κ1) is 23.5. The van der Waals surface area contributed by atoms with E-state index in [4.69, 9.17) is 5.73 Å². The third-order valence-corrected chi connectivity index (χ3v) is 5.45. The predicted octanol–water partition coefficient (Wildman–Crippen LogP) is 2.29. The van der Waals surface area contributed by atoms with Crippen LogP contribution < -0.4 is 11.1 Å². The lowest BCUT2D eigenvalue weighted by Gasteiger charge is -2.27. The molecule has 1 atom stereocenters. The summed E-state index contributed by atoms with van der Waals surface area (Å²) in [6.45, 7) is 3.61. The minimum atomic E-state index is -0.814. The number of pyridine rings is 2. The zero-order valence-corrected chi connectivity index (χ0v) is 19.6. The fourth-order valence-electron chi connectivity index (χ4n) is 3.45. The highest BCUT2D eigenvalue weighted by atomic mass is 16.2. The summed E-state index contributed by atoms with van der Waals surface area (Å²) >= 11 is 0. The van der Waals surface area contributed by atoms with Gasteiger partial charge in [0.2, 0.25) is 0 Å². The number of hydrogen-bond donors (Lipinski definition) is 2. The molecule has 0 fully saturated rings. The van der Waals surface area contributed by atoms with E-state index in [2.05, 4.69) is 30.4 Å². The van der Waals surface area contributed by atoms with Gasteiger partial charge in [-0.1, -0.05) is 6.07 Å². The van der Waals surface area contributed by atoms with Crippen LogP contribution in [0, 0.1) is 6.92 Å². The Labute approximate surface area is 202 Å². The number of nitrogen functional groups attached to an aromatic ring is 1. The van der Waals surface area contributed by atoms with E-state index in [1.165, 1.54) is 11.1 Å². The van der Waals surface area contributed by atoms with Gasteiger partial charge in [0.15, 0.2) is 0 Å². The molecule has 0 aliphatic heterocycles. The van der Waals surface area contributed by atoms with E-state index in [9.17, 15) is 9.59 Å². The Bertz CT molecular complexity index is 1340. The molecule has 11 heteroatoms. The van der Waals surface area contributed by atoms with Crippen LogP contribution in [0.5, 0.6) is 0 Å². The van der Waals surface area contributed by atoms with Crippen LogP contribution in [0.25, 0.3) is 11.1 Å². The third-order valence-electron chi connectivity index (χ3n) is 5.45. The van der Waals surface area contributed by atoms with Gasteiger partial charge in [-0.3, -0.25) is 19.3 Å². The maximum Gasteiger partial charge on any atom is 0.313 e. The lowest BCUT2D eigenvalue weighted by molar-refractivity contribution is -0.145. The monoisotopic (exact) mass is 471 g/mol. The number of amides is 2. The Hall–Kier alpha value is -4.67. The van der Waals surface area contributed by atoms with Crippen molar-refractivity contribution in [1.82, 2.24) is 34.6 Å². The summed E-state index contributed by atoms with van der Waals surface area (Å²) in [4.78, 5) is 44.6. The van der Waals surface area contributed by atoms with E-state index < -0.39 is 17.9 Å². The summed E-state index contributed by atoms with van der Waals surface area (Å²) in [5.41, 5.74) is 9.23. The Morgan fingerprint density at radius 2 is 1.86 bits per heavy atom. The van der Waals surface area contributed by atoms with E-state index in [0.717, 1.165) is 11.1 Å². The number of nitrogens with zero attached hydrogens (tertiary/aromatic N) is 7. The average Bonchev–Trinajstić information content (AvgIpc) is 3.31. The van der Waals surface area contributed by atoms with Crippen molar-refractivity contribution < 1.29 is 9.59 Å². The Morgan fingerprint density at radius 1 is 1.09 bits per heavy atom. The number of nitrogens with one attached hydrogen (secondary N) is 1. The molecular formula is C24H25N9O2. The molecule has 178 valence electrons. The fourth-order valence-corrected chi connectivity index (χ4v) is 3.45. The molecule has 0 saturated heterocycles. The molecule has 0 aromatic carbocycles. The fraction of sp³-hybridized carbons (Fsp3) is 0.208. The van der Waals surface area contributed by atoms with Crippen molar-refractivity contribution >= 4 is 23.3 Å². The zero-order valence-electron chi connectivity index (χ0n) is 19.6. The van der Waals surface area contributed by atoms with E-state index in [1.54, 1.807) is 55.4 Å². The molecule has 3 N–H and O–H groups in total. The van der Waals surface area contributed by atoms with Crippen LogP contribution in [0.4, 0.5) is 11.5 Å². The smallest absolute Gasteiger partial charge is 0.313 e. The number of carbonyl (C=O) groups is 2. The van der Waals surface area contributed by atoms with Crippen LogP contribution in [0.1, 0.15) is 30.0 Å². The summed E-state index contributed by atoms with van der Waals surface area (Å²) < 4.78 is 1.71. The van der Waals surface area contributed by atoms with Crippen molar-refractivity contribution in [2.24, 2.45) is 7.05 Å². The molecule has 4 aromatic heterocycles. The van der Waals surface area contributed by atoms with E-state index in [0.29, 0.717) is 28.6 Å². The summed E-state index contributed by atoms with van der Waals surface area (Å²) in [5, 5.41) is 6.77. The highest BCUT2D eigenvalue weighted by Crippen LogP contribution is 2.22. The molecule has 2 amide bonds. The van der Waals surface area contributed by atoms with Crippen LogP contribution in [-0.4, -0.2) is 46.4 Å². The highest BCUT2D eigenvalue weighted by molar-refractivity contribution is 6.39. The quantitative estimate of drug-likeness (QED) is 0.408. The zero-order chi connectivity index (χ0) is 24.9. The first-order valence-corrected chi connectivity index (χ1v) is 10.9. The highest BCUT2D eigenvalue weighted by Gasteiger charge is 2.29. The van der Waals surface area contributed by atoms with Crippen molar-refractivity contribution in [3.63, 3.8) is 0 Å². The number of aromatic nitrogens is 6. The standard InChI is InChI=1S/C24H25N9O2/c1-15-9-20(12-29-21(15)25)31-23(34)24(35)33(16(2)22-26-7-4-8-27-22)14-19-6-5-17(10-28-19)18-11-30-32(3)13-18/h4-13,16H,14H2,1-3H3,(H2,25,29)(H,31,34)/t16-/m1/s1. The minimum Gasteiger partial charge on any atom is -0.383 e. The maximum absolute atomic E-state index is 13.3. The molecule has 0 spiro atoms. The van der Waals surface area contributed by atoms with Crippen LogP contribution >= 0.6 is 0 Å². The van der Waals surface area contributed by atoms with Gasteiger partial charge in [-0.15, -0.1) is 0 Å². The van der Waals surface area contributed by atoms with Gasteiger partial charge in [0.25, 0.3) is 0 Å². The van der Waals surface area contributed by atoms with Crippen molar-refractivity contribution in [1.29, 1.82) is 0 Å². The third kappa shape index (κ3) is 5.46. The molecule has 0 aliphatic rings. The van der Waals surface area contributed by atoms with Crippen LogP contribution in [0.3, 0.4) is 0 Å². The number of nitrogens with two attached hydrogens (primary N) is 1. The van der Waals surface area contributed by atoms with E-state index >= 15 is 0 Å². The topological polar surface area (TPSA) is 145 Å². The number of carbonyl (C=O) groups excluding carboxylic acids is 2.